The highest BCUT2D eigenvalue weighted by Gasteiger charge is 2.22. The second-order valence-corrected chi connectivity index (χ2v) is 9.68. The summed E-state index contributed by atoms with van der Waals surface area (Å²) in [5.74, 6) is 2.65. The highest BCUT2D eigenvalue weighted by Crippen LogP contribution is 2.29. The summed E-state index contributed by atoms with van der Waals surface area (Å²) < 4.78 is 21.6. The Morgan fingerprint density at radius 2 is 1.51 bits per heavy atom. The molecule has 0 saturated carbocycles. The van der Waals surface area contributed by atoms with E-state index in [9.17, 15) is 9.59 Å². The van der Waals surface area contributed by atoms with E-state index < -0.39 is 0 Å². The van der Waals surface area contributed by atoms with E-state index in [1.807, 2.05) is 66.9 Å². The number of aryl methyl sites for hydroxylation is 2. The predicted octanol–water partition coefficient (Wildman–Crippen LogP) is 4.89. The van der Waals surface area contributed by atoms with Crippen LogP contribution >= 0.6 is 0 Å². The molecule has 214 valence electrons. The molecule has 0 fully saturated rings. The van der Waals surface area contributed by atoms with Crippen molar-refractivity contribution in [2.45, 2.75) is 66.3 Å². The van der Waals surface area contributed by atoms with Crippen molar-refractivity contribution >= 4 is 11.2 Å². The molecule has 41 heavy (non-hydrogen) atoms. The van der Waals surface area contributed by atoms with Gasteiger partial charge in [0.05, 0.1) is 12.7 Å². The molecule has 3 aromatic heterocycles. The number of aromatic nitrogens is 6. The predicted molar refractivity (Wildman–Crippen MR) is 155 cm³/mol. The van der Waals surface area contributed by atoms with Crippen LogP contribution in [0.1, 0.15) is 45.9 Å². The van der Waals surface area contributed by atoms with Gasteiger partial charge in [-0.3, -0.25) is 13.9 Å². The molecule has 0 atom stereocenters. The molecule has 0 radical (unpaired) electrons. The lowest BCUT2D eigenvalue weighted by molar-refractivity contribution is 0.287. The van der Waals surface area contributed by atoms with Crippen molar-refractivity contribution < 1.29 is 14.0 Å². The summed E-state index contributed by atoms with van der Waals surface area (Å²) in [5, 5.41) is 4.02. The zero-order chi connectivity index (χ0) is 28.9. The van der Waals surface area contributed by atoms with Gasteiger partial charge in [-0.15, -0.1) is 0 Å². The molecule has 0 aliphatic heterocycles. The standard InChI is InChI=1S/C30H34N6O5/c1-5-16-34-25-27(35(17-6-2)30(38)36(18-7-3)29(25)37)32-26(34)20-12-14-21(15-13-20)40-19-24-31-28(41-33-24)22-10-8-9-11-23(22)39-4/h8-15H,5-7,16-19H2,1-4H3. The lowest BCUT2D eigenvalue weighted by Crippen LogP contribution is -2.40. The Balaban J connectivity index is 1.43. The van der Waals surface area contributed by atoms with Gasteiger partial charge in [0.2, 0.25) is 5.82 Å². The van der Waals surface area contributed by atoms with Crippen LogP contribution in [-0.4, -0.2) is 35.9 Å². The summed E-state index contributed by atoms with van der Waals surface area (Å²) in [5.41, 5.74) is 1.82. The zero-order valence-corrected chi connectivity index (χ0v) is 23.8. The van der Waals surface area contributed by atoms with Crippen LogP contribution in [0.2, 0.25) is 0 Å². The summed E-state index contributed by atoms with van der Waals surface area (Å²) in [4.78, 5) is 35.9. The molecule has 11 heteroatoms. The van der Waals surface area contributed by atoms with E-state index in [1.165, 1.54) is 4.57 Å². The molecule has 11 nitrogen and oxygen atoms in total. The quantitative estimate of drug-likeness (QED) is 0.212. The van der Waals surface area contributed by atoms with Gasteiger partial charge in [0, 0.05) is 25.2 Å². The monoisotopic (exact) mass is 558 g/mol. The van der Waals surface area contributed by atoms with Crippen molar-refractivity contribution in [3.05, 3.63) is 75.2 Å². The minimum atomic E-state index is -0.307. The molecule has 0 aliphatic rings. The third kappa shape index (κ3) is 5.39. The molecule has 0 bridgehead atoms. The molecular weight excluding hydrogens is 524 g/mol. The molecule has 5 rings (SSSR count). The van der Waals surface area contributed by atoms with Gasteiger partial charge in [-0.25, -0.2) is 9.78 Å². The van der Waals surface area contributed by atoms with E-state index in [1.54, 1.807) is 11.7 Å². The van der Waals surface area contributed by atoms with Gasteiger partial charge in [0.15, 0.2) is 17.8 Å². The summed E-state index contributed by atoms with van der Waals surface area (Å²) in [6.07, 6.45) is 2.25. The Kier molecular flexibility index (Phi) is 8.32. The smallest absolute Gasteiger partial charge is 0.332 e. The second-order valence-electron chi connectivity index (χ2n) is 9.68. The summed E-state index contributed by atoms with van der Waals surface area (Å²) in [7, 11) is 1.59. The summed E-state index contributed by atoms with van der Waals surface area (Å²) in [6, 6.07) is 14.9. The van der Waals surface area contributed by atoms with Gasteiger partial charge < -0.3 is 18.6 Å². The maximum Gasteiger partial charge on any atom is 0.332 e. The lowest BCUT2D eigenvalue weighted by Gasteiger charge is -2.11. The van der Waals surface area contributed by atoms with Crippen LogP contribution in [0, 0.1) is 0 Å². The fraction of sp³-hybridized carbons (Fsp3) is 0.367. The Bertz CT molecular complexity index is 1760. The van der Waals surface area contributed by atoms with Gasteiger partial charge in [-0.05, 0) is 55.7 Å². The Hall–Kier alpha value is -4.67. The second kappa shape index (κ2) is 12.2. The van der Waals surface area contributed by atoms with Crippen LogP contribution in [0.3, 0.4) is 0 Å². The van der Waals surface area contributed by atoms with Crippen molar-refractivity contribution in [1.29, 1.82) is 0 Å². The third-order valence-electron chi connectivity index (χ3n) is 6.74. The fourth-order valence-corrected chi connectivity index (χ4v) is 4.89. The first-order valence-electron chi connectivity index (χ1n) is 13.9. The van der Waals surface area contributed by atoms with Gasteiger partial charge in [0.25, 0.3) is 11.4 Å². The maximum absolute atomic E-state index is 13.5. The normalized spacial score (nSPS) is 11.3. The molecule has 0 saturated heterocycles. The van der Waals surface area contributed by atoms with E-state index >= 15 is 0 Å². The van der Waals surface area contributed by atoms with Crippen LogP contribution in [0.5, 0.6) is 11.5 Å². The first-order valence-corrected chi connectivity index (χ1v) is 13.9. The van der Waals surface area contributed by atoms with Crippen LogP contribution in [-0.2, 0) is 26.2 Å². The molecule has 0 N–H and O–H groups in total. The number of benzene rings is 2. The van der Waals surface area contributed by atoms with E-state index in [0.717, 1.165) is 18.4 Å². The van der Waals surface area contributed by atoms with Crippen molar-refractivity contribution in [3.63, 3.8) is 0 Å². The molecule has 3 heterocycles. The number of hydrogen-bond acceptors (Lipinski definition) is 8. The third-order valence-corrected chi connectivity index (χ3v) is 6.74. The van der Waals surface area contributed by atoms with Crippen LogP contribution in [0.15, 0.2) is 62.6 Å². The SMILES string of the molecule is CCCn1c(=O)c2c(nc(-c3ccc(OCc4noc(-c5ccccc5OC)n4)cc3)n2CCC)n(CCC)c1=O. The number of rotatable bonds is 12. The van der Waals surface area contributed by atoms with Crippen molar-refractivity contribution in [1.82, 2.24) is 28.8 Å². The molecule has 0 spiro atoms. The van der Waals surface area contributed by atoms with E-state index in [-0.39, 0.29) is 17.9 Å². The molecule has 0 aliphatic carbocycles. The van der Waals surface area contributed by atoms with Crippen molar-refractivity contribution in [2.75, 3.05) is 7.11 Å². The number of ether oxygens (including phenoxy) is 2. The van der Waals surface area contributed by atoms with Gasteiger partial charge >= 0.3 is 5.69 Å². The Morgan fingerprint density at radius 1 is 0.829 bits per heavy atom. The number of methoxy groups -OCH3 is 1. The molecule has 0 unspecified atom stereocenters. The largest absolute Gasteiger partial charge is 0.496 e. The molecule has 5 aromatic rings. The number of nitrogens with zero attached hydrogens (tertiary/aromatic N) is 6. The highest BCUT2D eigenvalue weighted by molar-refractivity contribution is 5.77. The average Bonchev–Trinajstić information content (AvgIpc) is 3.62. The number of hydrogen-bond donors (Lipinski definition) is 0. The van der Waals surface area contributed by atoms with Gasteiger partial charge in [-0.2, -0.15) is 4.98 Å². The van der Waals surface area contributed by atoms with Crippen LogP contribution in [0.4, 0.5) is 0 Å². The molecule has 0 amide bonds. The number of fused-ring (bicyclic) bond motifs is 1. The zero-order valence-electron chi connectivity index (χ0n) is 23.8. The van der Waals surface area contributed by atoms with Gasteiger partial charge in [-0.1, -0.05) is 38.1 Å². The minimum absolute atomic E-state index is 0.118. The van der Waals surface area contributed by atoms with E-state index in [0.29, 0.717) is 71.8 Å². The van der Waals surface area contributed by atoms with Gasteiger partial charge in [0.1, 0.15) is 17.3 Å². The van der Waals surface area contributed by atoms with Crippen LogP contribution in [0.25, 0.3) is 34.0 Å². The fourth-order valence-electron chi connectivity index (χ4n) is 4.89. The minimum Gasteiger partial charge on any atom is -0.496 e. The van der Waals surface area contributed by atoms with E-state index in [4.69, 9.17) is 19.0 Å². The van der Waals surface area contributed by atoms with E-state index in [2.05, 4.69) is 17.1 Å². The molecule has 2 aromatic carbocycles. The van der Waals surface area contributed by atoms with Crippen molar-refractivity contribution in [2.24, 2.45) is 0 Å². The highest BCUT2D eigenvalue weighted by atomic mass is 16.5. The summed E-state index contributed by atoms with van der Waals surface area (Å²) >= 11 is 0. The first kappa shape index (κ1) is 27.9. The Morgan fingerprint density at radius 3 is 2.22 bits per heavy atom. The number of imidazole rings is 1. The molecular formula is C30H34N6O5. The van der Waals surface area contributed by atoms with Crippen molar-refractivity contribution in [3.8, 4) is 34.3 Å². The average molecular weight is 559 g/mol. The maximum atomic E-state index is 13.5. The van der Waals surface area contributed by atoms with Crippen LogP contribution < -0.4 is 20.7 Å². The topological polar surface area (TPSA) is 119 Å². The first-order chi connectivity index (χ1) is 20.0. The summed E-state index contributed by atoms with van der Waals surface area (Å²) in [6.45, 7) is 7.59. The number of para-hydroxylation sites is 1. The Labute approximate surface area is 237 Å². The lowest BCUT2D eigenvalue weighted by atomic mass is 10.2.